The lowest BCUT2D eigenvalue weighted by molar-refractivity contribution is 0.211. The zero-order valence-electron chi connectivity index (χ0n) is 16.7. The first-order valence-corrected chi connectivity index (χ1v) is 10.1. The molecular weight excluding hydrogens is 366 g/mol. The average molecular weight is 393 g/mol. The topological polar surface area (TPSA) is 87.5 Å². The summed E-state index contributed by atoms with van der Waals surface area (Å²) in [7, 11) is 0. The number of hydrogen-bond acceptors (Lipinski definition) is 5. The summed E-state index contributed by atoms with van der Waals surface area (Å²) in [6.45, 7) is 7.10. The van der Waals surface area contributed by atoms with Gasteiger partial charge in [-0.15, -0.1) is 0 Å². The number of imidazole rings is 1. The molecule has 4 rings (SSSR count). The van der Waals surface area contributed by atoms with Crippen molar-refractivity contribution in [2.45, 2.75) is 19.8 Å². The summed E-state index contributed by atoms with van der Waals surface area (Å²) in [5.41, 5.74) is 9.31. The van der Waals surface area contributed by atoms with Gasteiger partial charge in [0.2, 0.25) is 5.95 Å². The molecule has 1 amide bonds. The molecule has 0 saturated carbocycles. The second kappa shape index (κ2) is 8.53. The number of benzene rings is 2. The lowest BCUT2D eigenvalue weighted by Crippen LogP contribution is -2.32. The Morgan fingerprint density at radius 2 is 1.97 bits per heavy atom. The minimum Gasteiger partial charge on any atom is -0.408 e. The molecule has 1 aromatic heterocycles. The van der Waals surface area contributed by atoms with Gasteiger partial charge >= 0.3 is 6.09 Å². The molecule has 1 fully saturated rings. The van der Waals surface area contributed by atoms with Crippen LogP contribution in [0.2, 0.25) is 0 Å². The van der Waals surface area contributed by atoms with Gasteiger partial charge in [0, 0.05) is 26.2 Å². The number of H-pyrrole nitrogens is 1. The Balaban J connectivity index is 1.40. The fourth-order valence-corrected chi connectivity index (χ4v) is 3.78. The van der Waals surface area contributed by atoms with E-state index in [2.05, 4.69) is 51.0 Å². The van der Waals surface area contributed by atoms with Crippen molar-refractivity contribution in [2.24, 2.45) is 5.73 Å². The molecule has 1 saturated heterocycles. The summed E-state index contributed by atoms with van der Waals surface area (Å²) < 4.78 is 5.08. The molecule has 0 radical (unpaired) electrons. The summed E-state index contributed by atoms with van der Waals surface area (Å²) in [5.74, 6) is 1.19. The highest BCUT2D eigenvalue weighted by molar-refractivity contribution is 5.86. The molecule has 7 nitrogen and oxygen atoms in total. The summed E-state index contributed by atoms with van der Waals surface area (Å²) in [6.07, 6.45) is 1.31. The van der Waals surface area contributed by atoms with Crippen molar-refractivity contribution >= 4 is 23.1 Å². The first kappa shape index (κ1) is 19.3. The minimum absolute atomic E-state index is 0.382. The van der Waals surface area contributed by atoms with Crippen molar-refractivity contribution in [3.05, 3.63) is 53.6 Å². The maximum absolute atomic E-state index is 11.1. The van der Waals surface area contributed by atoms with E-state index in [0.29, 0.717) is 11.3 Å². The molecule has 0 spiro atoms. The lowest BCUT2D eigenvalue weighted by atomic mass is 10.1. The maximum atomic E-state index is 11.1. The predicted octanol–water partition coefficient (Wildman–Crippen LogP) is 3.08. The number of carbonyl (C=O) groups excluding carboxylic acids is 1. The number of para-hydroxylation sites is 1. The third kappa shape index (κ3) is 4.68. The molecule has 1 aliphatic rings. The van der Waals surface area contributed by atoms with Gasteiger partial charge < -0.3 is 25.3 Å². The Bertz CT molecular complexity index is 983. The van der Waals surface area contributed by atoms with Gasteiger partial charge in [0.25, 0.3) is 0 Å². The molecular formula is C22H27N5O2. The van der Waals surface area contributed by atoms with Gasteiger partial charge in [-0.25, -0.2) is 9.78 Å². The number of rotatable bonds is 5. The van der Waals surface area contributed by atoms with Gasteiger partial charge in [0.15, 0.2) is 5.75 Å². The Morgan fingerprint density at radius 3 is 2.76 bits per heavy atom. The zero-order chi connectivity index (χ0) is 20.2. The van der Waals surface area contributed by atoms with Crippen molar-refractivity contribution in [3.63, 3.8) is 0 Å². The average Bonchev–Trinajstić information content (AvgIpc) is 3.00. The fraction of sp³-hybridized carbons (Fsp3) is 0.364. The Morgan fingerprint density at radius 1 is 1.14 bits per heavy atom. The van der Waals surface area contributed by atoms with Gasteiger partial charge in [-0.3, -0.25) is 0 Å². The lowest BCUT2D eigenvalue weighted by Gasteiger charge is -2.21. The highest BCUT2D eigenvalue weighted by Gasteiger charge is 2.19. The maximum Gasteiger partial charge on any atom is 0.410 e. The Hall–Kier alpha value is -3.06. The molecule has 29 heavy (non-hydrogen) atoms. The van der Waals surface area contributed by atoms with E-state index in [1.165, 1.54) is 11.1 Å². The quantitative estimate of drug-likeness (QED) is 0.696. The smallest absolute Gasteiger partial charge is 0.408 e. The van der Waals surface area contributed by atoms with Crippen LogP contribution in [0.5, 0.6) is 5.75 Å². The van der Waals surface area contributed by atoms with E-state index in [0.717, 1.165) is 57.0 Å². The first-order valence-electron chi connectivity index (χ1n) is 10.1. The number of aromatic amines is 1. The number of nitrogens with zero attached hydrogens (tertiary/aromatic N) is 3. The third-order valence-electron chi connectivity index (χ3n) is 5.40. The number of carbonyl (C=O) groups is 1. The number of ether oxygens (including phenoxy) is 1. The van der Waals surface area contributed by atoms with Crippen LogP contribution in [0.15, 0.2) is 42.5 Å². The zero-order valence-corrected chi connectivity index (χ0v) is 16.7. The first-order chi connectivity index (χ1) is 14.1. The van der Waals surface area contributed by atoms with E-state index in [1.54, 1.807) is 6.07 Å². The summed E-state index contributed by atoms with van der Waals surface area (Å²) in [5, 5.41) is 0. The number of fused-ring (bicyclic) bond motifs is 1. The predicted molar refractivity (Wildman–Crippen MR) is 114 cm³/mol. The molecule has 2 heterocycles. The number of anilines is 1. The van der Waals surface area contributed by atoms with Crippen molar-refractivity contribution in [2.75, 3.05) is 37.6 Å². The molecule has 1 aliphatic heterocycles. The van der Waals surface area contributed by atoms with Crippen molar-refractivity contribution in [3.8, 4) is 5.75 Å². The number of primary amides is 1. The van der Waals surface area contributed by atoms with Crippen LogP contribution in [0, 0.1) is 6.92 Å². The van der Waals surface area contributed by atoms with Gasteiger partial charge in [-0.1, -0.05) is 35.9 Å². The summed E-state index contributed by atoms with van der Waals surface area (Å²) in [4.78, 5) is 23.9. The Labute approximate surface area is 170 Å². The molecule has 2 aromatic carbocycles. The van der Waals surface area contributed by atoms with E-state index >= 15 is 0 Å². The normalized spacial score (nSPS) is 15.4. The Kier molecular flexibility index (Phi) is 5.67. The van der Waals surface area contributed by atoms with Crippen LogP contribution in [0.4, 0.5) is 10.7 Å². The molecule has 3 N–H and O–H groups in total. The van der Waals surface area contributed by atoms with Crippen molar-refractivity contribution in [1.29, 1.82) is 0 Å². The second-order valence-electron chi connectivity index (χ2n) is 7.55. The second-order valence-corrected chi connectivity index (χ2v) is 7.55. The van der Waals surface area contributed by atoms with E-state index in [4.69, 9.17) is 10.5 Å². The molecule has 152 valence electrons. The van der Waals surface area contributed by atoms with Gasteiger partial charge in [0.05, 0.1) is 5.52 Å². The van der Waals surface area contributed by atoms with Crippen molar-refractivity contribution in [1.82, 2.24) is 14.9 Å². The number of amides is 1. The molecule has 7 heteroatoms. The van der Waals surface area contributed by atoms with E-state index in [1.807, 2.05) is 12.1 Å². The summed E-state index contributed by atoms with van der Waals surface area (Å²) in [6, 6.07) is 14.2. The minimum atomic E-state index is -0.832. The number of nitrogens with one attached hydrogen (secondary N) is 1. The molecule has 0 bridgehead atoms. The van der Waals surface area contributed by atoms with E-state index < -0.39 is 6.09 Å². The highest BCUT2D eigenvalue weighted by atomic mass is 16.5. The van der Waals surface area contributed by atoms with Crippen LogP contribution in [0.25, 0.3) is 11.0 Å². The van der Waals surface area contributed by atoms with Crippen LogP contribution in [0.3, 0.4) is 0 Å². The van der Waals surface area contributed by atoms with Crippen LogP contribution in [-0.4, -0.2) is 53.7 Å². The van der Waals surface area contributed by atoms with E-state index in [-0.39, 0.29) is 0 Å². The highest BCUT2D eigenvalue weighted by Crippen LogP contribution is 2.26. The van der Waals surface area contributed by atoms with Crippen LogP contribution < -0.4 is 15.4 Å². The van der Waals surface area contributed by atoms with Crippen LogP contribution in [0.1, 0.15) is 17.5 Å². The molecule has 0 aliphatic carbocycles. The number of hydrogen-bond donors (Lipinski definition) is 2. The standard InChI is InChI=1S/C22H27N5O2/c1-16-6-8-17(9-7-16)10-13-26-11-3-12-27(15-14-26)22-24-18-4-2-5-19(20(18)25-22)29-21(23)28/h2,4-9H,3,10-15H2,1H3,(H2,23,28)(H,24,25). The third-order valence-corrected chi connectivity index (χ3v) is 5.40. The van der Waals surface area contributed by atoms with Gasteiger partial charge in [-0.05, 0) is 44.0 Å². The fourth-order valence-electron chi connectivity index (χ4n) is 3.78. The summed E-state index contributed by atoms with van der Waals surface area (Å²) >= 11 is 0. The van der Waals surface area contributed by atoms with Crippen molar-refractivity contribution < 1.29 is 9.53 Å². The number of aryl methyl sites for hydroxylation is 1. The van der Waals surface area contributed by atoms with Gasteiger partial charge in [0.1, 0.15) is 5.52 Å². The monoisotopic (exact) mass is 393 g/mol. The van der Waals surface area contributed by atoms with Crippen LogP contribution >= 0.6 is 0 Å². The molecule has 0 atom stereocenters. The largest absolute Gasteiger partial charge is 0.410 e. The number of aromatic nitrogens is 2. The molecule has 3 aromatic rings. The van der Waals surface area contributed by atoms with E-state index in [9.17, 15) is 4.79 Å². The van der Waals surface area contributed by atoms with Crippen LogP contribution in [-0.2, 0) is 6.42 Å². The number of nitrogens with two attached hydrogens (primary N) is 1. The molecule has 0 unspecified atom stereocenters. The van der Waals surface area contributed by atoms with Gasteiger partial charge in [-0.2, -0.15) is 0 Å². The SMILES string of the molecule is Cc1ccc(CCN2CCCN(c3nc4c(OC(N)=O)cccc4[nH]3)CC2)cc1.